The Hall–Kier alpha value is -1.97. The third-order valence-electron chi connectivity index (χ3n) is 2.77. The predicted octanol–water partition coefficient (Wildman–Crippen LogP) is 3.29. The molecule has 0 amide bonds. The quantitative estimate of drug-likeness (QED) is 0.854. The summed E-state index contributed by atoms with van der Waals surface area (Å²) in [5.74, 6) is -0.0348. The molecule has 0 radical (unpaired) electrons. The first kappa shape index (κ1) is 13.5. The van der Waals surface area contributed by atoms with Gasteiger partial charge in [0.1, 0.15) is 5.69 Å². The molecule has 0 unspecified atom stereocenters. The number of nitrogens with one attached hydrogen (secondary N) is 1. The summed E-state index contributed by atoms with van der Waals surface area (Å²) >= 11 is 0. The molecule has 0 saturated carbocycles. The Bertz CT molecular complexity index is 605. The number of carbonyl (C=O) groups is 1. The van der Waals surface area contributed by atoms with E-state index in [4.69, 9.17) is 0 Å². The molecular formula is C15H19N3O. The Morgan fingerprint density at radius 3 is 2.53 bits per heavy atom. The van der Waals surface area contributed by atoms with Gasteiger partial charge in [-0.1, -0.05) is 13.8 Å². The predicted molar refractivity (Wildman–Crippen MR) is 77.5 cm³/mol. The van der Waals surface area contributed by atoms with E-state index >= 15 is 0 Å². The largest absolute Gasteiger partial charge is 0.383 e. The van der Waals surface area contributed by atoms with E-state index < -0.39 is 0 Å². The van der Waals surface area contributed by atoms with Gasteiger partial charge in [-0.25, -0.2) is 4.98 Å². The molecule has 4 heteroatoms. The SMILES string of the molecule is CC(C)Nc1ccc2nc(C(=O)C(C)C)cnc2c1. The maximum absolute atomic E-state index is 11.9. The molecule has 1 heterocycles. The summed E-state index contributed by atoms with van der Waals surface area (Å²) in [6.45, 7) is 7.90. The van der Waals surface area contributed by atoms with Gasteiger partial charge in [-0.05, 0) is 32.0 Å². The van der Waals surface area contributed by atoms with Crippen LogP contribution in [0.1, 0.15) is 38.2 Å². The number of rotatable bonds is 4. The Morgan fingerprint density at radius 2 is 1.89 bits per heavy atom. The molecule has 0 fully saturated rings. The Morgan fingerprint density at radius 1 is 1.16 bits per heavy atom. The van der Waals surface area contributed by atoms with Gasteiger partial charge in [0.15, 0.2) is 5.78 Å². The van der Waals surface area contributed by atoms with Gasteiger partial charge in [-0.15, -0.1) is 0 Å². The van der Waals surface area contributed by atoms with Gasteiger partial charge in [0.25, 0.3) is 0 Å². The van der Waals surface area contributed by atoms with Crippen LogP contribution in [0.2, 0.25) is 0 Å². The second-order valence-corrected chi connectivity index (χ2v) is 5.28. The zero-order valence-electron chi connectivity index (χ0n) is 11.8. The number of ketones is 1. The van der Waals surface area contributed by atoms with Crippen molar-refractivity contribution >= 4 is 22.5 Å². The first-order valence-electron chi connectivity index (χ1n) is 6.55. The van der Waals surface area contributed by atoms with Gasteiger partial charge in [0, 0.05) is 17.6 Å². The Kier molecular flexibility index (Phi) is 3.79. The van der Waals surface area contributed by atoms with Gasteiger partial charge in [0.05, 0.1) is 17.2 Å². The van der Waals surface area contributed by atoms with E-state index in [-0.39, 0.29) is 11.7 Å². The highest BCUT2D eigenvalue weighted by atomic mass is 16.1. The summed E-state index contributed by atoms with van der Waals surface area (Å²) in [4.78, 5) is 20.6. The Balaban J connectivity index is 2.38. The highest BCUT2D eigenvalue weighted by Crippen LogP contribution is 2.17. The molecule has 0 atom stereocenters. The lowest BCUT2D eigenvalue weighted by Crippen LogP contribution is -2.11. The normalized spacial score (nSPS) is 11.3. The van der Waals surface area contributed by atoms with E-state index in [1.807, 2.05) is 32.0 Å². The van der Waals surface area contributed by atoms with Crippen LogP contribution in [0.4, 0.5) is 5.69 Å². The lowest BCUT2D eigenvalue weighted by molar-refractivity contribution is 0.0934. The molecule has 100 valence electrons. The summed E-state index contributed by atoms with van der Waals surface area (Å²) in [5.41, 5.74) is 3.00. The minimum atomic E-state index is -0.0615. The second kappa shape index (κ2) is 5.34. The molecule has 0 aliphatic rings. The van der Waals surface area contributed by atoms with Crippen molar-refractivity contribution < 1.29 is 4.79 Å². The summed E-state index contributed by atoms with van der Waals surface area (Å²) in [5, 5.41) is 3.32. The highest BCUT2D eigenvalue weighted by molar-refractivity contribution is 5.96. The molecule has 1 aromatic carbocycles. The lowest BCUT2D eigenvalue weighted by Gasteiger charge is -2.10. The molecule has 0 aliphatic carbocycles. The fourth-order valence-corrected chi connectivity index (χ4v) is 1.85. The zero-order valence-corrected chi connectivity index (χ0v) is 11.8. The van der Waals surface area contributed by atoms with Crippen LogP contribution in [-0.4, -0.2) is 21.8 Å². The number of hydrogen-bond donors (Lipinski definition) is 1. The fraction of sp³-hybridized carbons (Fsp3) is 0.400. The lowest BCUT2D eigenvalue weighted by atomic mass is 10.1. The summed E-state index contributed by atoms with van der Waals surface area (Å²) in [6, 6.07) is 6.17. The number of carbonyl (C=O) groups excluding carboxylic acids is 1. The molecule has 4 nitrogen and oxygen atoms in total. The van der Waals surface area contributed by atoms with Crippen LogP contribution in [-0.2, 0) is 0 Å². The fourth-order valence-electron chi connectivity index (χ4n) is 1.85. The van der Waals surface area contributed by atoms with Gasteiger partial charge >= 0.3 is 0 Å². The van der Waals surface area contributed by atoms with Crippen LogP contribution < -0.4 is 5.32 Å². The summed E-state index contributed by atoms with van der Waals surface area (Å²) in [7, 11) is 0. The van der Waals surface area contributed by atoms with Crippen molar-refractivity contribution in [2.45, 2.75) is 33.7 Å². The van der Waals surface area contributed by atoms with E-state index in [9.17, 15) is 4.79 Å². The zero-order chi connectivity index (χ0) is 14.0. The van der Waals surface area contributed by atoms with Gasteiger partial charge in [-0.2, -0.15) is 0 Å². The molecule has 0 spiro atoms. The van der Waals surface area contributed by atoms with E-state index in [2.05, 4.69) is 29.1 Å². The van der Waals surface area contributed by atoms with Crippen molar-refractivity contribution in [2.24, 2.45) is 5.92 Å². The van der Waals surface area contributed by atoms with Crippen molar-refractivity contribution in [3.8, 4) is 0 Å². The topological polar surface area (TPSA) is 54.9 Å². The third kappa shape index (κ3) is 3.08. The average Bonchev–Trinajstić information content (AvgIpc) is 2.36. The van der Waals surface area contributed by atoms with Crippen LogP contribution in [0.3, 0.4) is 0 Å². The van der Waals surface area contributed by atoms with E-state index in [0.29, 0.717) is 11.7 Å². The second-order valence-electron chi connectivity index (χ2n) is 5.28. The molecule has 19 heavy (non-hydrogen) atoms. The molecule has 0 bridgehead atoms. The van der Waals surface area contributed by atoms with Crippen molar-refractivity contribution in [3.63, 3.8) is 0 Å². The third-order valence-corrected chi connectivity index (χ3v) is 2.77. The van der Waals surface area contributed by atoms with E-state index in [1.54, 1.807) is 6.20 Å². The number of anilines is 1. The molecule has 1 N–H and O–H groups in total. The van der Waals surface area contributed by atoms with Crippen molar-refractivity contribution in [1.29, 1.82) is 0 Å². The van der Waals surface area contributed by atoms with Crippen molar-refractivity contribution in [2.75, 3.05) is 5.32 Å². The van der Waals surface area contributed by atoms with Gasteiger partial charge in [-0.3, -0.25) is 9.78 Å². The van der Waals surface area contributed by atoms with Crippen molar-refractivity contribution in [1.82, 2.24) is 9.97 Å². The van der Waals surface area contributed by atoms with Crippen LogP contribution in [0.5, 0.6) is 0 Å². The maximum Gasteiger partial charge on any atom is 0.185 e. The molecule has 2 aromatic rings. The monoisotopic (exact) mass is 257 g/mol. The molecule has 0 saturated heterocycles. The van der Waals surface area contributed by atoms with Crippen molar-refractivity contribution in [3.05, 3.63) is 30.1 Å². The molecule has 2 rings (SSSR count). The highest BCUT2D eigenvalue weighted by Gasteiger charge is 2.13. The standard InChI is InChI=1S/C15H19N3O/c1-9(2)15(19)14-8-16-13-7-11(17-10(3)4)5-6-12(13)18-14/h5-10,17H,1-4H3. The Labute approximate surface area is 113 Å². The van der Waals surface area contributed by atoms with E-state index in [1.165, 1.54) is 0 Å². The van der Waals surface area contributed by atoms with Gasteiger partial charge < -0.3 is 5.32 Å². The minimum absolute atomic E-state index is 0.0266. The first-order valence-corrected chi connectivity index (χ1v) is 6.55. The van der Waals surface area contributed by atoms with Crippen LogP contribution >= 0.6 is 0 Å². The molecule has 0 aliphatic heterocycles. The minimum Gasteiger partial charge on any atom is -0.383 e. The molecule has 1 aromatic heterocycles. The summed E-state index contributed by atoms with van der Waals surface area (Å²) < 4.78 is 0. The van der Waals surface area contributed by atoms with Crippen LogP contribution in [0.15, 0.2) is 24.4 Å². The first-order chi connectivity index (χ1) is 8.97. The maximum atomic E-state index is 11.9. The summed E-state index contributed by atoms with van der Waals surface area (Å²) in [6.07, 6.45) is 1.56. The number of nitrogens with zero attached hydrogens (tertiary/aromatic N) is 2. The number of fused-ring (bicyclic) bond motifs is 1. The number of aromatic nitrogens is 2. The molecular weight excluding hydrogens is 238 g/mol. The van der Waals surface area contributed by atoms with Crippen LogP contribution in [0, 0.1) is 5.92 Å². The number of Topliss-reactive ketones (excluding diaryl/α,β-unsaturated/α-hetero) is 1. The number of benzene rings is 1. The van der Waals surface area contributed by atoms with E-state index in [0.717, 1.165) is 16.7 Å². The van der Waals surface area contributed by atoms with Gasteiger partial charge in [0.2, 0.25) is 0 Å². The van der Waals surface area contributed by atoms with Crippen LogP contribution in [0.25, 0.3) is 11.0 Å². The average molecular weight is 257 g/mol. The number of hydrogen-bond acceptors (Lipinski definition) is 4. The smallest absolute Gasteiger partial charge is 0.185 e.